The lowest BCUT2D eigenvalue weighted by molar-refractivity contribution is 0.414. The van der Waals surface area contributed by atoms with Crippen LogP contribution >= 0.6 is 0 Å². The molecule has 0 radical (unpaired) electrons. The standard InChI is InChI=1S/C16H20N4O/c1-21-15-4-2-3-13(10-15)9-14-11-18-16(19-12-14)20-7-5-17-6-8-20/h2-4,10-12,17H,5-9H2,1H3. The molecule has 0 atom stereocenters. The number of hydrogen-bond acceptors (Lipinski definition) is 5. The van der Waals surface area contributed by atoms with Crippen molar-refractivity contribution in [3.8, 4) is 5.75 Å². The van der Waals surface area contributed by atoms with Gasteiger partial charge in [-0.1, -0.05) is 12.1 Å². The Hall–Kier alpha value is -2.14. The first-order valence-corrected chi connectivity index (χ1v) is 7.24. The molecule has 0 bridgehead atoms. The molecular formula is C16H20N4O. The van der Waals surface area contributed by atoms with Crippen molar-refractivity contribution < 1.29 is 4.74 Å². The van der Waals surface area contributed by atoms with Crippen LogP contribution in [0.15, 0.2) is 36.7 Å². The van der Waals surface area contributed by atoms with Gasteiger partial charge in [0.1, 0.15) is 5.75 Å². The monoisotopic (exact) mass is 284 g/mol. The largest absolute Gasteiger partial charge is 0.497 e. The molecule has 3 rings (SSSR count). The topological polar surface area (TPSA) is 50.3 Å². The average molecular weight is 284 g/mol. The van der Waals surface area contributed by atoms with E-state index in [2.05, 4.69) is 26.3 Å². The number of anilines is 1. The molecule has 1 saturated heterocycles. The zero-order valence-electron chi connectivity index (χ0n) is 12.2. The van der Waals surface area contributed by atoms with Gasteiger partial charge >= 0.3 is 0 Å². The van der Waals surface area contributed by atoms with Crippen molar-refractivity contribution in [1.29, 1.82) is 0 Å². The van der Waals surface area contributed by atoms with Crippen molar-refractivity contribution in [2.45, 2.75) is 6.42 Å². The number of nitrogens with one attached hydrogen (secondary N) is 1. The van der Waals surface area contributed by atoms with Crippen LogP contribution in [0.1, 0.15) is 11.1 Å². The maximum Gasteiger partial charge on any atom is 0.225 e. The van der Waals surface area contributed by atoms with Crippen molar-refractivity contribution in [2.24, 2.45) is 0 Å². The molecule has 1 aliphatic rings. The number of aromatic nitrogens is 2. The summed E-state index contributed by atoms with van der Waals surface area (Å²) in [6, 6.07) is 8.09. The molecule has 1 N–H and O–H groups in total. The van der Waals surface area contributed by atoms with Crippen molar-refractivity contribution in [3.05, 3.63) is 47.8 Å². The van der Waals surface area contributed by atoms with E-state index in [-0.39, 0.29) is 0 Å². The number of methoxy groups -OCH3 is 1. The van der Waals surface area contributed by atoms with Crippen LogP contribution in [0.25, 0.3) is 0 Å². The lowest BCUT2D eigenvalue weighted by Gasteiger charge is -2.27. The summed E-state index contributed by atoms with van der Waals surface area (Å²) in [5, 5.41) is 3.33. The predicted molar refractivity (Wildman–Crippen MR) is 82.9 cm³/mol. The van der Waals surface area contributed by atoms with Crippen LogP contribution in [0.3, 0.4) is 0 Å². The number of ether oxygens (including phenoxy) is 1. The number of rotatable bonds is 4. The maximum atomic E-state index is 5.25. The van der Waals surface area contributed by atoms with Crippen LogP contribution < -0.4 is 15.0 Å². The summed E-state index contributed by atoms with van der Waals surface area (Å²) in [7, 11) is 1.69. The van der Waals surface area contributed by atoms with Gasteiger partial charge in [0.25, 0.3) is 0 Å². The zero-order valence-corrected chi connectivity index (χ0v) is 12.2. The van der Waals surface area contributed by atoms with E-state index >= 15 is 0 Å². The third kappa shape index (κ3) is 3.49. The molecule has 5 nitrogen and oxygen atoms in total. The van der Waals surface area contributed by atoms with E-state index in [0.29, 0.717) is 0 Å². The van der Waals surface area contributed by atoms with Crippen molar-refractivity contribution in [2.75, 3.05) is 38.2 Å². The second-order valence-electron chi connectivity index (χ2n) is 5.16. The van der Waals surface area contributed by atoms with Gasteiger partial charge in [0.15, 0.2) is 0 Å². The predicted octanol–water partition coefficient (Wildman–Crippen LogP) is 1.49. The van der Waals surface area contributed by atoms with Gasteiger partial charge < -0.3 is 15.0 Å². The highest BCUT2D eigenvalue weighted by Gasteiger charge is 2.12. The van der Waals surface area contributed by atoms with E-state index in [1.54, 1.807) is 7.11 Å². The van der Waals surface area contributed by atoms with E-state index in [1.165, 1.54) is 5.56 Å². The van der Waals surface area contributed by atoms with E-state index in [9.17, 15) is 0 Å². The molecule has 0 amide bonds. The Morgan fingerprint density at radius 3 is 2.62 bits per heavy atom. The molecule has 2 aromatic rings. The van der Waals surface area contributed by atoms with Crippen LogP contribution in [0.2, 0.25) is 0 Å². The van der Waals surface area contributed by atoms with Gasteiger partial charge in [0.05, 0.1) is 7.11 Å². The van der Waals surface area contributed by atoms with Crippen LogP contribution in [-0.4, -0.2) is 43.3 Å². The molecule has 2 heterocycles. The summed E-state index contributed by atoms with van der Waals surface area (Å²) < 4.78 is 5.25. The summed E-state index contributed by atoms with van der Waals surface area (Å²) in [5.41, 5.74) is 2.31. The highest BCUT2D eigenvalue weighted by Crippen LogP contribution is 2.16. The zero-order chi connectivity index (χ0) is 14.5. The fourth-order valence-corrected chi connectivity index (χ4v) is 2.49. The molecule has 1 aromatic carbocycles. The molecule has 5 heteroatoms. The normalized spacial score (nSPS) is 15.0. The Balaban J connectivity index is 1.68. The number of hydrogen-bond donors (Lipinski definition) is 1. The molecule has 1 fully saturated rings. The fraction of sp³-hybridized carbons (Fsp3) is 0.375. The van der Waals surface area contributed by atoms with Gasteiger partial charge in [0.2, 0.25) is 5.95 Å². The van der Waals surface area contributed by atoms with Crippen LogP contribution in [0.5, 0.6) is 5.75 Å². The quantitative estimate of drug-likeness (QED) is 0.922. The van der Waals surface area contributed by atoms with Crippen molar-refractivity contribution in [3.63, 3.8) is 0 Å². The van der Waals surface area contributed by atoms with E-state index in [1.807, 2.05) is 30.6 Å². The Morgan fingerprint density at radius 1 is 1.14 bits per heavy atom. The smallest absolute Gasteiger partial charge is 0.225 e. The number of nitrogens with zero attached hydrogens (tertiary/aromatic N) is 3. The maximum absolute atomic E-state index is 5.25. The van der Waals surface area contributed by atoms with Crippen LogP contribution in [-0.2, 0) is 6.42 Å². The Labute approximate surface area is 125 Å². The Kier molecular flexibility index (Phi) is 4.31. The highest BCUT2D eigenvalue weighted by molar-refractivity contribution is 5.34. The minimum absolute atomic E-state index is 0.818. The lowest BCUT2D eigenvalue weighted by Crippen LogP contribution is -2.44. The summed E-state index contributed by atoms with van der Waals surface area (Å²) in [5.74, 6) is 1.71. The molecule has 21 heavy (non-hydrogen) atoms. The van der Waals surface area contributed by atoms with Crippen molar-refractivity contribution in [1.82, 2.24) is 15.3 Å². The minimum atomic E-state index is 0.818. The van der Waals surface area contributed by atoms with Crippen LogP contribution in [0.4, 0.5) is 5.95 Å². The first-order valence-electron chi connectivity index (χ1n) is 7.24. The molecular weight excluding hydrogens is 264 g/mol. The average Bonchev–Trinajstić information content (AvgIpc) is 2.56. The SMILES string of the molecule is COc1cccc(Cc2cnc(N3CCNCC3)nc2)c1. The third-order valence-electron chi connectivity index (χ3n) is 3.63. The van der Waals surface area contributed by atoms with Crippen molar-refractivity contribution >= 4 is 5.95 Å². The minimum Gasteiger partial charge on any atom is -0.497 e. The van der Waals surface area contributed by atoms with Gasteiger partial charge in [0, 0.05) is 45.0 Å². The van der Waals surface area contributed by atoms with Gasteiger partial charge in [-0.05, 0) is 23.3 Å². The summed E-state index contributed by atoms with van der Waals surface area (Å²) >= 11 is 0. The van der Waals surface area contributed by atoms with Gasteiger partial charge in [-0.15, -0.1) is 0 Å². The third-order valence-corrected chi connectivity index (χ3v) is 3.63. The molecule has 0 saturated carbocycles. The van der Waals surface area contributed by atoms with Crippen LogP contribution in [0, 0.1) is 0 Å². The molecule has 110 valence electrons. The van der Waals surface area contributed by atoms with Gasteiger partial charge in [-0.3, -0.25) is 0 Å². The number of piperazine rings is 1. The Bertz CT molecular complexity index is 579. The van der Waals surface area contributed by atoms with E-state index in [4.69, 9.17) is 4.74 Å². The first kappa shape index (κ1) is 13.8. The lowest BCUT2D eigenvalue weighted by atomic mass is 10.1. The molecule has 0 aliphatic carbocycles. The first-order chi connectivity index (χ1) is 10.3. The Morgan fingerprint density at radius 2 is 1.90 bits per heavy atom. The van der Waals surface area contributed by atoms with E-state index in [0.717, 1.165) is 49.9 Å². The highest BCUT2D eigenvalue weighted by atomic mass is 16.5. The van der Waals surface area contributed by atoms with Gasteiger partial charge in [-0.2, -0.15) is 0 Å². The summed E-state index contributed by atoms with van der Waals surface area (Å²) in [6.07, 6.45) is 4.66. The summed E-state index contributed by atoms with van der Waals surface area (Å²) in [6.45, 7) is 3.92. The number of benzene rings is 1. The fourth-order valence-electron chi connectivity index (χ4n) is 2.49. The second-order valence-corrected chi connectivity index (χ2v) is 5.16. The molecule has 0 unspecified atom stereocenters. The van der Waals surface area contributed by atoms with E-state index < -0.39 is 0 Å². The molecule has 1 aliphatic heterocycles. The second kappa shape index (κ2) is 6.54. The molecule has 0 spiro atoms. The summed E-state index contributed by atoms with van der Waals surface area (Å²) in [4.78, 5) is 11.2. The molecule has 1 aromatic heterocycles. The van der Waals surface area contributed by atoms with Gasteiger partial charge in [-0.25, -0.2) is 9.97 Å².